The predicted molar refractivity (Wildman–Crippen MR) is 126 cm³/mol. The molecular weight excluding hydrogens is 378 g/mol. The van der Waals surface area contributed by atoms with Crippen LogP contribution in [0.3, 0.4) is 0 Å². The minimum atomic E-state index is -0.560. The first-order valence-electron chi connectivity index (χ1n) is 10.7. The van der Waals surface area contributed by atoms with Crippen molar-refractivity contribution in [2.45, 2.75) is 63.0 Å². The fourth-order valence-electron chi connectivity index (χ4n) is 4.86. The zero-order chi connectivity index (χ0) is 19.9. The Morgan fingerprint density at radius 3 is 1.86 bits per heavy atom. The number of hydrogen-bond donors (Lipinski definition) is 1. The highest BCUT2D eigenvalue weighted by Gasteiger charge is 2.50. The smallest absolute Gasteiger partial charge is 0.135 e. The lowest BCUT2D eigenvalue weighted by atomic mass is 9.69. The lowest BCUT2D eigenvalue weighted by Crippen LogP contribution is -2.59. The lowest BCUT2D eigenvalue weighted by Gasteiger charge is -2.48. The van der Waals surface area contributed by atoms with Gasteiger partial charge in [-0.3, -0.25) is 0 Å². The molecule has 0 amide bonds. The van der Waals surface area contributed by atoms with Crippen molar-refractivity contribution < 1.29 is 4.74 Å². The number of benzene rings is 2. The van der Waals surface area contributed by atoms with Gasteiger partial charge in [0.2, 0.25) is 0 Å². The first-order chi connectivity index (χ1) is 13.7. The molecule has 29 heavy (non-hydrogen) atoms. The van der Waals surface area contributed by atoms with E-state index in [4.69, 9.17) is 4.74 Å². The SMILES string of the molecule is CNC(C)(CCC=C1CCCCC1)C(OC)(c1ccccc1)c1ccccc1.Cl. The number of methoxy groups -OCH3 is 1. The van der Waals surface area contributed by atoms with Crippen LogP contribution in [0.5, 0.6) is 0 Å². The average Bonchev–Trinajstić information content (AvgIpc) is 2.77. The summed E-state index contributed by atoms with van der Waals surface area (Å²) in [5, 5.41) is 3.65. The monoisotopic (exact) mass is 413 g/mol. The Hall–Kier alpha value is -1.61. The summed E-state index contributed by atoms with van der Waals surface area (Å²) >= 11 is 0. The van der Waals surface area contributed by atoms with Crippen LogP contribution in [0.25, 0.3) is 0 Å². The normalized spacial score (nSPS) is 16.6. The van der Waals surface area contributed by atoms with E-state index in [9.17, 15) is 0 Å². The number of likely N-dealkylation sites (N-methyl/N-ethyl adjacent to an activating group) is 1. The number of allylic oxidation sites excluding steroid dienone is 2. The summed E-state index contributed by atoms with van der Waals surface area (Å²) in [6.07, 6.45) is 11.2. The first kappa shape index (κ1) is 23.7. The molecule has 0 saturated heterocycles. The van der Waals surface area contributed by atoms with Gasteiger partial charge in [0.15, 0.2) is 0 Å². The van der Waals surface area contributed by atoms with Crippen molar-refractivity contribution in [2.75, 3.05) is 14.2 Å². The van der Waals surface area contributed by atoms with Crippen molar-refractivity contribution in [3.63, 3.8) is 0 Å². The summed E-state index contributed by atoms with van der Waals surface area (Å²) < 4.78 is 6.43. The Morgan fingerprint density at radius 2 is 1.41 bits per heavy atom. The second-order valence-corrected chi connectivity index (χ2v) is 8.16. The Kier molecular flexibility index (Phi) is 8.95. The molecule has 0 heterocycles. The minimum Gasteiger partial charge on any atom is -0.367 e. The van der Waals surface area contributed by atoms with Gasteiger partial charge < -0.3 is 10.1 Å². The van der Waals surface area contributed by atoms with Gasteiger partial charge in [-0.15, -0.1) is 12.4 Å². The van der Waals surface area contributed by atoms with Gasteiger partial charge in [-0.05, 0) is 63.6 Å². The van der Waals surface area contributed by atoms with Crippen molar-refractivity contribution >= 4 is 12.4 Å². The van der Waals surface area contributed by atoms with Gasteiger partial charge in [0, 0.05) is 7.11 Å². The van der Waals surface area contributed by atoms with Crippen LogP contribution in [0, 0.1) is 0 Å². The molecule has 2 aromatic rings. The van der Waals surface area contributed by atoms with Crippen molar-refractivity contribution in [1.29, 1.82) is 0 Å². The second-order valence-electron chi connectivity index (χ2n) is 8.16. The molecule has 1 fully saturated rings. The van der Waals surface area contributed by atoms with Crippen molar-refractivity contribution in [3.8, 4) is 0 Å². The summed E-state index contributed by atoms with van der Waals surface area (Å²) in [5.74, 6) is 0. The molecule has 3 rings (SSSR count). The Labute approximate surface area is 183 Å². The summed E-state index contributed by atoms with van der Waals surface area (Å²) in [6, 6.07) is 21.3. The topological polar surface area (TPSA) is 21.3 Å². The van der Waals surface area contributed by atoms with E-state index in [0.29, 0.717) is 0 Å². The summed E-state index contributed by atoms with van der Waals surface area (Å²) in [4.78, 5) is 0. The lowest BCUT2D eigenvalue weighted by molar-refractivity contribution is -0.0541. The Balaban J connectivity index is 0.00000300. The largest absolute Gasteiger partial charge is 0.367 e. The maximum atomic E-state index is 6.43. The molecule has 2 nitrogen and oxygen atoms in total. The van der Waals surface area contributed by atoms with E-state index in [0.717, 1.165) is 12.8 Å². The second kappa shape index (κ2) is 11.0. The Morgan fingerprint density at radius 1 is 0.897 bits per heavy atom. The van der Waals surface area contributed by atoms with Crippen LogP contribution in [-0.2, 0) is 10.3 Å². The van der Waals surface area contributed by atoms with E-state index >= 15 is 0 Å². The number of nitrogens with one attached hydrogen (secondary N) is 1. The molecule has 0 bridgehead atoms. The van der Waals surface area contributed by atoms with Gasteiger partial charge in [0.25, 0.3) is 0 Å². The fourth-order valence-corrected chi connectivity index (χ4v) is 4.86. The predicted octanol–water partition coefficient (Wildman–Crippen LogP) is 6.65. The molecule has 1 unspecified atom stereocenters. The van der Waals surface area contributed by atoms with E-state index in [1.54, 1.807) is 5.57 Å². The molecule has 3 heteroatoms. The van der Waals surface area contributed by atoms with E-state index in [-0.39, 0.29) is 17.9 Å². The Bertz CT molecular complexity index is 711. The van der Waals surface area contributed by atoms with E-state index in [2.05, 4.69) is 86.0 Å². The van der Waals surface area contributed by atoms with E-state index in [1.807, 2.05) is 7.11 Å². The van der Waals surface area contributed by atoms with Crippen LogP contribution in [-0.4, -0.2) is 19.7 Å². The zero-order valence-corrected chi connectivity index (χ0v) is 18.9. The molecule has 1 aliphatic carbocycles. The van der Waals surface area contributed by atoms with E-state index in [1.165, 1.54) is 43.2 Å². The number of ether oxygens (including phenoxy) is 1. The minimum absolute atomic E-state index is 0. The van der Waals surface area contributed by atoms with Gasteiger partial charge in [0.1, 0.15) is 5.60 Å². The third kappa shape index (κ3) is 4.94. The van der Waals surface area contributed by atoms with Crippen molar-refractivity contribution in [1.82, 2.24) is 5.32 Å². The van der Waals surface area contributed by atoms with Gasteiger partial charge in [-0.1, -0.05) is 78.7 Å². The molecule has 0 aromatic heterocycles. The summed E-state index contributed by atoms with van der Waals surface area (Å²) in [7, 11) is 3.91. The van der Waals surface area contributed by atoms with Crippen LogP contribution in [0.2, 0.25) is 0 Å². The first-order valence-corrected chi connectivity index (χ1v) is 10.7. The van der Waals surface area contributed by atoms with Crippen LogP contribution in [0.4, 0.5) is 0 Å². The van der Waals surface area contributed by atoms with Crippen LogP contribution in [0.15, 0.2) is 72.3 Å². The van der Waals surface area contributed by atoms with Crippen LogP contribution in [0.1, 0.15) is 63.0 Å². The summed E-state index contributed by atoms with van der Waals surface area (Å²) in [6.45, 7) is 2.30. The highest BCUT2D eigenvalue weighted by Crippen LogP contribution is 2.45. The molecule has 2 aromatic carbocycles. The number of rotatable bonds is 8. The molecule has 1 atom stereocenters. The molecule has 1 N–H and O–H groups in total. The zero-order valence-electron chi connectivity index (χ0n) is 18.1. The highest BCUT2D eigenvalue weighted by molar-refractivity contribution is 5.85. The quantitative estimate of drug-likeness (QED) is 0.489. The van der Waals surface area contributed by atoms with E-state index < -0.39 is 5.60 Å². The van der Waals surface area contributed by atoms with Crippen LogP contribution >= 0.6 is 12.4 Å². The molecule has 0 aliphatic heterocycles. The third-order valence-electron chi connectivity index (χ3n) is 6.57. The van der Waals surface area contributed by atoms with Gasteiger partial charge >= 0.3 is 0 Å². The van der Waals surface area contributed by atoms with Crippen molar-refractivity contribution in [2.24, 2.45) is 0 Å². The van der Waals surface area contributed by atoms with Crippen molar-refractivity contribution in [3.05, 3.63) is 83.4 Å². The fraction of sp³-hybridized carbons (Fsp3) is 0.462. The number of halogens is 1. The average molecular weight is 414 g/mol. The standard InChI is InChI=1S/C26H35NO.ClH/c1-25(27-2,21-13-16-22-14-7-4-8-15-22)26(28-3,23-17-9-5-10-18-23)24-19-11-6-12-20-24;/h5-6,9-12,16-20,27H,4,7-8,13-15,21H2,1-3H3;1H. The highest BCUT2D eigenvalue weighted by atomic mass is 35.5. The van der Waals surface area contributed by atoms with Gasteiger partial charge in [-0.25, -0.2) is 0 Å². The third-order valence-corrected chi connectivity index (χ3v) is 6.57. The molecule has 0 spiro atoms. The molecule has 1 aliphatic rings. The maximum absolute atomic E-state index is 6.43. The van der Waals surface area contributed by atoms with Gasteiger partial charge in [-0.2, -0.15) is 0 Å². The summed E-state index contributed by atoms with van der Waals surface area (Å²) in [5.41, 5.74) is 3.20. The molecule has 1 saturated carbocycles. The van der Waals surface area contributed by atoms with Gasteiger partial charge in [0.05, 0.1) is 5.54 Å². The molecule has 158 valence electrons. The van der Waals surface area contributed by atoms with Crippen LogP contribution < -0.4 is 5.32 Å². The maximum Gasteiger partial charge on any atom is 0.135 e. The molecule has 0 radical (unpaired) electrons. The number of hydrogen-bond acceptors (Lipinski definition) is 2. The molecular formula is C26H36ClNO.